The summed E-state index contributed by atoms with van der Waals surface area (Å²) in [5.41, 5.74) is 0.886. The summed E-state index contributed by atoms with van der Waals surface area (Å²) in [6.45, 7) is 1.81. The highest BCUT2D eigenvalue weighted by atomic mass is 19.1. The van der Waals surface area contributed by atoms with Gasteiger partial charge in [-0.05, 0) is 18.6 Å². The van der Waals surface area contributed by atoms with Gasteiger partial charge in [0.05, 0.1) is 6.54 Å². The highest BCUT2D eigenvalue weighted by Crippen LogP contribution is 2.21. The number of aromatic nitrogens is 3. The molecule has 90 valence electrons. The van der Waals surface area contributed by atoms with Gasteiger partial charge >= 0.3 is 0 Å². The van der Waals surface area contributed by atoms with Gasteiger partial charge in [0, 0.05) is 13.2 Å². The first-order valence-corrected chi connectivity index (χ1v) is 5.11. The van der Waals surface area contributed by atoms with Gasteiger partial charge in [-0.1, -0.05) is 11.3 Å². The van der Waals surface area contributed by atoms with E-state index >= 15 is 0 Å². The third-order valence-corrected chi connectivity index (χ3v) is 2.38. The van der Waals surface area contributed by atoms with Crippen LogP contribution >= 0.6 is 0 Å². The Balaban J connectivity index is 2.16. The molecule has 0 atom stereocenters. The first kappa shape index (κ1) is 11.5. The minimum Gasteiger partial charge on any atom is -0.374 e. The summed E-state index contributed by atoms with van der Waals surface area (Å²) in [5, 5.41) is 10.2. The summed E-state index contributed by atoms with van der Waals surface area (Å²) in [6, 6.07) is 2.63. The second kappa shape index (κ2) is 4.48. The van der Waals surface area contributed by atoms with Crippen LogP contribution in [0.1, 0.15) is 11.3 Å². The lowest BCUT2D eigenvalue weighted by atomic mass is 10.2. The van der Waals surface area contributed by atoms with E-state index in [-0.39, 0.29) is 12.2 Å². The zero-order valence-electron chi connectivity index (χ0n) is 9.54. The van der Waals surface area contributed by atoms with Gasteiger partial charge in [0.15, 0.2) is 5.82 Å². The Morgan fingerprint density at radius 3 is 2.76 bits per heavy atom. The van der Waals surface area contributed by atoms with Gasteiger partial charge in [0.1, 0.15) is 17.2 Å². The second-order valence-electron chi connectivity index (χ2n) is 3.79. The van der Waals surface area contributed by atoms with Gasteiger partial charge in [-0.3, -0.25) is 4.68 Å². The number of aryl methyl sites for hydroxylation is 2. The molecule has 4 nitrogen and oxygen atoms in total. The SMILES string of the molecule is Cc1ccc(F)c(NCc2cn(C)nn2)c1F. The van der Waals surface area contributed by atoms with Crippen LogP contribution in [0, 0.1) is 18.6 Å². The van der Waals surface area contributed by atoms with Crippen molar-refractivity contribution in [2.45, 2.75) is 13.5 Å². The number of hydrogen-bond donors (Lipinski definition) is 1. The van der Waals surface area contributed by atoms with Crippen molar-refractivity contribution in [3.63, 3.8) is 0 Å². The molecule has 0 aliphatic rings. The number of halogens is 2. The van der Waals surface area contributed by atoms with Crippen molar-refractivity contribution in [2.75, 3.05) is 5.32 Å². The molecule has 1 N–H and O–H groups in total. The Bertz CT molecular complexity index is 536. The number of anilines is 1. The van der Waals surface area contributed by atoms with Gasteiger partial charge in [-0.15, -0.1) is 5.10 Å². The topological polar surface area (TPSA) is 42.7 Å². The molecule has 0 radical (unpaired) electrons. The van der Waals surface area contributed by atoms with Crippen LogP contribution in [0.15, 0.2) is 18.3 Å². The summed E-state index contributed by atoms with van der Waals surface area (Å²) < 4.78 is 28.5. The van der Waals surface area contributed by atoms with Crippen LogP contribution in [-0.2, 0) is 13.6 Å². The summed E-state index contributed by atoms with van der Waals surface area (Å²) in [5.74, 6) is -1.19. The Labute approximate surface area is 97.3 Å². The molecule has 1 heterocycles. The van der Waals surface area contributed by atoms with Crippen molar-refractivity contribution in [1.29, 1.82) is 0 Å². The summed E-state index contributed by atoms with van der Waals surface area (Å²) in [7, 11) is 1.73. The summed E-state index contributed by atoms with van der Waals surface area (Å²) >= 11 is 0. The van der Waals surface area contributed by atoms with Gasteiger partial charge in [0.2, 0.25) is 0 Å². The highest BCUT2D eigenvalue weighted by molar-refractivity contribution is 5.48. The molecule has 0 saturated carbocycles. The predicted octanol–water partition coefficient (Wildman–Crippen LogP) is 2.01. The first-order valence-electron chi connectivity index (χ1n) is 5.11. The molecule has 0 aliphatic carbocycles. The van der Waals surface area contributed by atoms with Crippen LogP contribution in [0.3, 0.4) is 0 Å². The molecule has 0 fully saturated rings. The molecule has 6 heteroatoms. The molecule has 0 bridgehead atoms. The quantitative estimate of drug-likeness (QED) is 0.889. The maximum absolute atomic E-state index is 13.6. The number of nitrogens with one attached hydrogen (secondary N) is 1. The van der Waals surface area contributed by atoms with E-state index in [9.17, 15) is 8.78 Å². The lowest BCUT2D eigenvalue weighted by molar-refractivity contribution is 0.582. The van der Waals surface area contributed by atoms with Gasteiger partial charge in [-0.2, -0.15) is 0 Å². The van der Waals surface area contributed by atoms with Crippen molar-refractivity contribution in [3.05, 3.63) is 41.2 Å². The number of hydrogen-bond acceptors (Lipinski definition) is 3. The number of nitrogens with zero attached hydrogens (tertiary/aromatic N) is 3. The van der Waals surface area contributed by atoms with Gasteiger partial charge < -0.3 is 5.32 Å². The monoisotopic (exact) mass is 238 g/mol. The van der Waals surface area contributed by atoms with Crippen molar-refractivity contribution in [1.82, 2.24) is 15.0 Å². The maximum atomic E-state index is 13.6. The van der Waals surface area contributed by atoms with Crippen LogP contribution in [0.2, 0.25) is 0 Å². The molecule has 0 amide bonds. The zero-order valence-corrected chi connectivity index (χ0v) is 9.54. The minimum absolute atomic E-state index is 0.129. The molecule has 17 heavy (non-hydrogen) atoms. The Kier molecular flexibility index (Phi) is 3.03. The third kappa shape index (κ3) is 2.41. The fraction of sp³-hybridized carbons (Fsp3) is 0.273. The van der Waals surface area contributed by atoms with Gasteiger partial charge in [-0.25, -0.2) is 8.78 Å². The molecule has 1 aromatic carbocycles. The summed E-state index contributed by atoms with van der Waals surface area (Å²) in [6.07, 6.45) is 1.68. The molecule has 0 aliphatic heterocycles. The summed E-state index contributed by atoms with van der Waals surface area (Å²) in [4.78, 5) is 0. The van der Waals surface area contributed by atoms with E-state index < -0.39 is 11.6 Å². The molecule has 1 aromatic heterocycles. The second-order valence-corrected chi connectivity index (χ2v) is 3.79. The van der Waals surface area contributed by atoms with E-state index in [4.69, 9.17) is 0 Å². The lowest BCUT2D eigenvalue weighted by Crippen LogP contribution is -2.05. The normalized spacial score (nSPS) is 10.6. The minimum atomic E-state index is -0.614. The average molecular weight is 238 g/mol. The molecule has 0 saturated heterocycles. The molecule has 0 unspecified atom stereocenters. The molecular weight excluding hydrogens is 226 g/mol. The van der Waals surface area contributed by atoms with E-state index in [0.717, 1.165) is 0 Å². The van der Waals surface area contributed by atoms with E-state index in [2.05, 4.69) is 15.6 Å². The van der Waals surface area contributed by atoms with Gasteiger partial charge in [0.25, 0.3) is 0 Å². The standard InChI is InChI=1S/C11H12F2N4/c1-7-3-4-9(12)11(10(7)13)14-5-8-6-17(2)16-15-8/h3-4,6,14H,5H2,1-2H3. The van der Waals surface area contributed by atoms with Crippen LogP contribution < -0.4 is 5.32 Å². The van der Waals surface area contributed by atoms with Crippen molar-refractivity contribution < 1.29 is 8.78 Å². The van der Waals surface area contributed by atoms with Crippen molar-refractivity contribution in [2.24, 2.45) is 7.05 Å². The van der Waals surface area contributed by atoms with Crippen LogP contribution in [0.4, 0.5) is 14.5 Å². The molecule has 2 rings (SSSR count). The fourth-order valence-electron chi connectivity index (χ4n) is 1.47. The van der Waals surface area contributed by atoms with E-state index in [0.29, 0.717) is 11.3 Å². The smallest absolute Gasteiger partial charge is 0.152 e. The molecule has 2 aromatic rings. The van der Waals surface area contributed by atoms with E-state index in [1.165, 1.54) is 16.8 Å². The zero-order chi connectivity index (χ0) is 12.4. The number of benzene rings is 1. The lowest BCUT2D eigenvalue weighted by Gasteiger charge is -2.08. The Morgan fingerprint density at radius 1 is 1.35 bits per heavy atom. The predicted molar refractivity (Wildman–Crippen MR) is 59.4 cm³/mol. The van der Waals surface area contributed by atoms with Crippen LogP contribution in [0.25, 0.3) is 0 Å². The van der Waals surface area contributed by atoms with E-state index in [1.54, 1.807) is 20.2 Å². The molecule has 0 spiro atoms. The van der Waals surface area contributed by atoms with E-state index in [1.807, 2.05) is 0 Å². The van der Waals surface area contributed by atoms with Crippen molar-refractivity contribution in [3.8, 4) is 0 Å². The van der Waals surface area contributed by atoms with Crippen LogP contribution in [-0.4, -0.2) is 15.0 Å². The van der Waals surface area contributed by atoms with Crippen LogP contribution in [0.5, 0.6) is 0 Å². The first-order chi connectivity index (χ1) is 8.08. The maximum Gasteiger partial charge on any atom is 0.152 e. The Morgan fingerprint density at radius 2 is 2.12 bits per heavy atom. The number of rotatable bonds is 3. The average Bonchev–Trinajstić information content (AvgIpc) is 2.70. The largest absolute Gasteiger partial charge is 0.374 e. The Hall–Kier alpha value is -1.98. The third-order valence-electron chi connectivity index (χ3n) is 2.38. The van der Waals surface area contributed by atoms with Crippen molar-refractivity contribution >= 4 is 5.69 Å². The molecular formula is C11H12F2N4. The fourth-order valence-corrected chi connectivity index (χ4v) is 1.47. The highest BCUT2D eigenvalue weighted by Gasteiger charge is 2.11.